The summed E-state index contributed by atoms with van der Waals surface area (Å²) < 4.78 is 33.0. The Bertz CT molecular complexity index is 693. The molecule has 0 aromatic heterocycles. The molecule has 2 aliphatic heterocycles. The van der Waals surface area contributed by atoms with Gasteiger partial charge >= 0.3 is 0 Å². The lowest BCUT2D eigenvalue weighted by Gasteiger charge is -2.33. The molecule has 2 heterocycles. The van der Waals surface area contributed by atoms with Gasteiger partial charge in [0.15, 0.2) is 0 Å². The average molecular weight is 353 g/mol. The second-order valence-corrected chi connectivity index (χ2v) is 8.59. The molecule has 0 aliphatic carbocycles. The molecule has 1 aromatic carbocycles. The lowest BCUT2D eigenvalue weighted by atomic mass is 9.99. The third-order valence-electron chi connectivity index (χ3n) is 4.56. The Morgan fingerprint density at radius 1 is 1.29 bits per heavy atom. The van der Waals surface area contributed by atoms with Crippen LogP contribution in [0.3, 0.4) is 0 Å². The van der Waals surface area contributed by atoms with Crippen LogP contribution in [-0.4, -0.2) is 62.3 Å². The molecule has 3 atom stereocenters. The van der Waals surface area contributed by atoms with E-state index in [4.69, 9.17) is 4.74 Å². The second-order valence-electron chi connectivity index (χ2n) is 6.45. The quantitative estimate of drug-likeness (QED) is 0.820. The Kier molecular flexibility index (Phi) is 4.91. The van der Waals surface area contributed by atoms with Gasteiger partial charge in [-0.15, -0.1) is 0 Å². The van der Waals surface area contributed by atoms with Crippen molar-refractivity contribution in [2.75, 3.05) is 27.2 Å². The molecule has 2 fully saturated rings. The van der Waals surface area contributed by atoms with Crippen LogP contribution in [0.15, 0.2) is 30.3 Å². The standard InChI is InChI=1S/C16H23N3O4S/c1-18(2)24(21,22)19-10-13-8-14(15(11-19)23-13)16(20)17-9-12-6-4-3-5-7-12/h3-7,13-15H,8-11H2,1-2H3,(H,17,20)/t13-,14-,15-/m0/s1. The summed E-state index contributed by atoms with van der Waals surface area (Å²) in [5.74, 6) is -0.378. The molecule has 2 saturated heterocycles. The summed E-state index contributed by atoms with van der Waals surface area (Å²) in [7, 11) is -0.454. The number of amides is 1. The highest BCUT2D eigenvalue weighted by molar-refractivity contribution is 7.86. The zero-order chi connectivity index (χ0) is 17.3. The molecule has 1 N–H and O–H groups in total. The highest BCUT2D eigenvalue weighted by Gasteiger charge is 2.47. The topological polar surface area (TPSA) is 79.0 Å². The average Bonchev–Trinajstić information content (AvgIpc) is 2.87. The predicted octanol–water partition coefficient (Wildman–Crippen LogP) is 0.199. The van der Waals surface area contributed by atoms with Crippen LogP contribution in [-0.2, 0) is 26.3 Å². The Balaban J connectivity index is 1.62. The molecule has 24 heavy (non-hydrogen) atoms. The molecule has 0 unspecified atom stereocenters. The van der Waals surface area contributed by atoms with Crippen LogP contribution < -0.4 is 5.32 Å². The minimum atomic E-state index is -3.48. The molecule has 8 heteroatoms. The Morgan fingerprint density at radius 2 is 2.00 bits per heavy atom. The molecule has 3 rings (SSSR count). The van der Waals surface area contributed by atoms with Crippen molar-refractivity contribution in [3.63, 3.8) is 0 Å². The molecular weight excluding hydrogens is 330 g/mol. The molecule has 1 amide bonds. The largest absolute Gasteiger partial charge is 0.371 e. The molecule has 7 nitrogen and oxygen atoms in total. The summed E-state index contributed by atoms with van der Waals surface area (Å²) in [6.07, 6.45) is -0.0368. The first-order chi connectivity index (χ1) is 11.4. The Labute approximate surface area is 142 Å². The molecular formula is C16H23N3O4S. The van der Waals surface area contributed by atoms with E-state index in [2.05, 4.69) is 5.32 Å². The van der Waals surface area contributed by atoms with E-state index in [0.29, 0.717) is 19.5 Å². The van der Waals surface area contributed by atoms with E-state index in [1.165, 1.54) is 22.7 Å². The maximum Gasteiger partial charge on any atom is 0.281 e. The van der Waals surface area contributed by atoms with Crippen molar-refractivity contribution in [2.45, 2.75) is 25.2 Å². The summed E-state index contributed by atoms with van der Waals surface area (Å²) in [5.41, 5.74) is 1.03. The van der Waals surface area contributed by atoms with E-state index >= 15 is 0 Å². The number of fused-ring (bicyclic) bond motifs is 2. The van der Waals surface area contributed by atoms with Gasteiger partial charge in [-0.25, -0.2) is 0 Å². The predicted molar refractivity (Wildman–Crippen MR) is 89.2 cm³/mol. The van der Waals surface area contributed by atoms with Crippen LogP contribution in [0.5, 0.6) is 0 Å². The number of nitrogens with zero attached hydrogens (tertiary/aromatic N) is 2. The summed E-state index contributed by atoms with van der Waals surface area (Å²) in [4.78, 5) is 12.5. The van der Waals surface area contributed by atoms with Crippen molar-refractivity contribution in [2.24, 2.45) is 5.92 Å². The number of morpholine rings is 1. The lowest BCUT2D eigenvalue weighted by molar-refractivity contribution is -0.127. The van der Waals surface area contributed by atoms with E-state index < -0.39 is 10.2 Å². The van der Waals surface area contributed by atoms with Gasteiger partial charge in [-0.2, -0.15) is 17.0 Å². The van der Waals surface area contributed by atoms with Crippen LogP contribution in [0.1, 0.15) is 12.0 Å². The third kappa shape index (κ3) is 3.46. The van der Waals surface area contributed by atoms with Crippen LogP contribution in [0.25, 0.3) is 0 Å². The van der Waals surface area contributed by atoms with E-state index in [1.54, 1.807) is 0 Å². The number of ether oxygens (including phenoxy) is 1. The second kappa shape index (κ2) is 6.79. The van der Waals surface area contributed by atoms with Gasteiger partial charge in [0.1, 0.15) is 0 Å². The zero-order valence-corrected chi connectivity index (χ0v) is 14.7. The third-order valence-corrected chi connectivity index (χ3v) is 6.43. The molecule has 0 spiro atoms. The number of nitrogens with one attached hydrogen (secondary N) is 1. The number of hydrogen-bond donors (Lipinski definition) is 1. The van der Waals surface area contributed by atoms with E-state index in [0.717, 1.165) is 5.56 Å². The van der Waals surface area contributed by atoms with Crippen molar-refractivity contribution < 1.29 is 17.9 Å². The minimum Gasteiger partial charge on any atom is -0.371 e. The maximum absolute atomic E-state index is 12.5. The fourth-order valence-electron chi connectivity index (χ4n) is 3.23. The first kappa shape index (κ1) is 17.3. The van der Waals surface area contributed by atoms with Gasteiger partial charge in [0, 0.05) is 33.7 Å². The van der Waals surface area contributed by atoms with Gasteiger partial charge in [-0.3, -0.25) is 4.79 Å². The summed E-state index contributed by atoms with van der Waals surface area (Å²) in [6.45, 7) is 0.993. The van der Waals surface area contributed by atoms with Gasteiger partial charge < -0.3 is 10.1 Å². The van der Waals surface area contributed by atoms with Crippen molar-refractivity contribution in [3.05, 3.63) is 35.9 Å². The lowest BCUT2D eigenvalue weighted by Crippen LogP contribution is -2.51. The number of carbonyl (C=O) groups excluding carboxylic acids is 1. The van der Waals surface area contributed by atoms with Crippen molar-refractivity contribution >= 4 is 16.1 Å². The molecule has 132 valence electrons. The Hall–Kier alpha value is -1.48. The van der Waals surface area contributed by atoms with Crippen LogP contribution in [0.2, 0.25) is 0 Å². The number of benzene rings is 1. The van der Waals surface area contributed by atoms with E-state index in [9.17, 15) is 13.2 Å². The zero-order valence-electron chi connectivity index (χ0n) is 13.9. The van der Waals surface area contributed by atoms with Gasteiger partial charge in [-0.05, 0) is 12.0 Å². The van der Waals surface area contributed by atoms with Crippen LogP contribution in [0.4, 0.5) is 0 Å². The molecule has 0 radical (unpaired) electrons. The molecule has 2 bridgehead atoms. The van der Waals surface area contributed by atoms with Crippen molar-refractivity contribution in [1.82, 2.24) is 13.9 Å². The van der Waals surface area contributed by atoms with Crippen LogP contribution >= 0.6 is 0 Å². The number of rotatable bonds is 5. The highest BCUT2D eigenvalue weighted by Crippen LogP contribution is 2.33. The molecule has 0 saturated carbocycles. The van der Waals surface area contributed by atoms with Gasteiger partial charge in [-0.1, -0.05) is 30.3 Å². The number of carbonyl (C=O) groups is 1. The first-order valence-corrected chi connectivity index (χ1v) is 9.42. The van der Waals surface area contributed by atoms with Gasteiger partial charge in [0.2, 0.25) is 5.91 Å². The Morgan fingerprint density at radius 3 is 2.67 bits per heavy atom. The van der Waals surface area contributed by atoms with Crippen LogP contribution in [0, 0.1) is 5.92 Å². The van der Waals surface area contributed by atoms with Crippen molar-refractivity contribution in [1.29, 1.82) is 0 Å². The van der Waals surface area contributed by atoms with Crippen molar-refractivity contribution in [3.8, 4) is 0 Å². The fourth-order valence-corrected chi connectivity index (χ4v) is 4.39. The van der Waals surface area contributed by atoms with E-state index in [-0.39, 0.29) is 30.6 Å². The fraction of sp³-hybridized carbons (Fsp3) is 0.562. The SMILES string of the molecule is CN(C)S(=O)(=O)N1C[C@@H]2C[C@H](C(=O)NCc3ccccc3)[C@H](C1)O2. The maximum atomic E-state index is 12.5. The normalized spacial score (nSPS) is 27.4. The summed E-state index contributed by atoms with van der Waals surface area (Å²) in [5, 5.41) is 2.93. The summed E-state index contributed by atoms with van der Waals surface area (Å²) in [6, 6.07) is 9.69. The summed E-state index contributed by atoms with van der Waals surface area (Å²) >= 11 is 0. The number of hydrogen-bond acceptors (Lipinski definition) is 4. The first-order valence-electron chi connectivity index (χ1n) is 8.02. The monoisotopic (exact) mass is 353 g/mol. The van der Waals surface area contributed by atoms with Gasteiger partial charge in [0.25, 0.3) is 10.2 Å². The minimum absolute atomic E-state index is 0.0737. The molecule has 2 aliphatic rings. The van der Waals surface area contributed by atoms with E-state index in [1.807, 2.05) is 30.3 Å². The smallest absolute Gasteiger partial charge is 0.281 e. The highest BCUT2D eigenvalue weighted by atomic mass is 32.2. The van der Waals surface area contributed by atoms with Gasteiger partial charge in [0.05, 0.1) is 18.1 Å². The molecule has 1 aromatic rings.